The molecule has 0 amide bonds. The van der Waals surface area contributed by atoms with Gasteiger partial charge in [-0.05, 0) is 23.7 Å². The normalized spacial score (nSPS) is 11.4. The largest absolute Gasteiger partial charge is 0.315 e. The van der Waals surface area contributed by atoms with E-state index >= 15 is 0 Å². The first-order chi connectivity index (χ1) is 13.4. The van der Waals surface area contributed by atoms with Crippen LogP contribution in [-0.2, 0) is 12.1 Å². The van der Waals surface area contributed by atoms with Crippen molar-refractivity contribution < 1.29 is 0 Å². The average Bonchev–Trinajstić information content (AvgIpc) is 3.20. The summed E-state index contributed by atoms with van der Waals surface area (Å²) in [5.41, 5.74) is 3.13. The van der Waals surface area contributed by atoms with E-state index in [2.05, 4.69) is 112 Å². The minimum Gasteiger partial charge on any atom is -0.315 e. The third-order valence-corrected chi connectivity index (χ3v) is 4.99. The molecule has 27 heavy (non-hydrogen) atoms. The molecule has 1 N–H and O–H groups in total. The lowest BCUT2D eigenvalue weighted by Gasteiger charge is -2.38. The van der Waals surface area contributed by atoms with E-state index in [1.807, 2.05) is 13.2 Å². The second-order valence-corrected chi connectivity index (χ2v) is 6.55. The van der Waals surface area contributed by atoms with Crippen LogP contribution in [0.15, 0.2) is 103 Å². The van der Waals surface area contributed by atoms with Gasteiger partial charge in [-0.25, -0.2) is 4.98 Å². The Hall–Kier alpha value is -3.17. The number of aromatic nitrogens is 2. The van der Waals surface area contributed by atoms with E-state index in [9.17, 15) is 0 Å². The summed E-state index contributed by atoms with van der Waals surface area (Å²) in [6.45, 7) is 0.696. The van der Waals surface area contributed by atoms with Crippen LogP contribution in [0.2, 0.25) is 0 Å². The van der Waals surface area contributed by atoms with Crippen molar-refractivity contribution in [3.63, 3.8) is 0 Å². The minimum absolute atomic E-state index is 0.494. The summed E-state index contributed by atoms with van der Waals surface area (Å²) in [5.74, 6) is 0.994. The van der Waals surface area contributed by atoms with Crippen molar-refractivity contribution in [3.05, 3.63) is 126 Å². The summed E-state index contributed by atoms with van der Waals surface area (Å²) in [6, 6.07) is 32.0. The van der Waals surface area contributed by atoms with E-state index in [0.717, 1.165) is 5.82 Å². The van der Waals surface area contributed by atoms with Gasteiger partial charge in [0.25, 0.3) is 0 Å². The Morgan fingerprint density at radius 3 is 1.59 bits per heavy atom. The van der Waals surface area contributed by atoms with Crippen molar-refractivity contribution in [2.45, 2.75) is 12.1 Å². The van der Waals surface area contributed by atoms with Gasteiger partial charge in [-0.1, -0.05) is 91.0 Å². The Balaban J connectivity index is 2.12. The molecule has 1 heterocycles. The first-order valence-corrected chi connectivity index (χ1v) is 9.21. The van der Waals surface area contributed by atoms with Gasteiger partial charge in [0.05, 0.1) is 6.54 Å². The molecule has 0 aliphatic heterocycles. The predicted molar refractivity (Wildman–Crippen MR) is 110 cm³/mol. The van der Waals surface area contributed by atoms with Gasteiger partial charge in [0.1, 0.15) is 11.4 Å². The Bertz CT molecular complexity index is 879. The number of hydrogen-bond acceptors (Lipinski definition) is 2. The van der Waals surface area contributed by atoms with E-state index in [4.69, 9.17) is 0 Å². The summed E-state index contributed by atoms with van der Waals surface area (Å²) in [6.07, 6.45) is 3.97. The molecule has 0 fully saturated rings. The Labute approximate surface area is 160 Å². The van der Waals surface area contributed by atoms with Gasteiger partial charge in [0.2, 0.25) is 0 Å². The summed E-state index contributed by atoms with van der Waals surface area (Å²) >= 11 is 0. The zero-order chi connectivity index (χ0) is 18.5. The maximum atomic E-state index is 4.65. The van der Waals surface area contributed by atoms with Crippen LogP contribution in [0.4, 0.5) is 0 Å². The van der Waals surface area contributed by atoms with Gasteiger partial charge in [0, 0.05) is 12.4 Å². The Kier molecular flexibility index (Phi) is 4.86. The molecule has 0 saturated heterocycles. The molecule has 0 aliphatic carbocycles. The van der Waals surface area contributed by atoms with Crippen molar-refractivity contribution in [3.8, 4) is 0 Å². The molecule has 3 heteroatoms. The summed E-state index contributed by atoms with van der Waals surface area (Å²) in [4.78, 5) is 4.65. The van der Waals surface area contributed by atoms with Crippen LogP contribution in [0, 0.1) is 0 Å². The van der Waals surface area contributed by atoms with Crippen molar-refractivity contribution >= 4 is 0 Å². The number of rotatable bonds is 6. The maximum Gasteiger partial charge on any atom is 0.123 e. The van der Waals surface area contributed by atoms with Gasteiger partial charge in [0.15, 0.2) is 0 Å². The van der Waals surface area contributed by atoms with Crippen LogP contribution in [-0.4, -0.2) is 16.6 Å². The summed E-state index contributed by atoms with van der Waals surface area (Å²) in [7, 11) is 1.95. The minimum atomic E-state index is -0.494. The van der Waals surface area contributed by atoms with Gasteiger partial charge >= 0.3 is 0 Å². The maximum absolute atomic E-state index is 4.65. The van der Waals surface area contributed by atoms with E-state index in [1.54, 1.807) is 0 Å². The highest BCUT2D eigenvalue weighted by molar-refractivity contribution is 5.51. The third kappa shape index (κ3) is 2.96. The topological polar surface area (TPSA) is 29.9 Å². The second kappa shape index (κ2) is 7.60. The molecule has 1 aromatic heterocycles. The van der Waals surface area contributed by atoms with Gasteiger partial charge < -0.3 is 9.88 Å². The number of benzene rings is 3. The number of nitrogens with zero attached hydrogens (tertiary/aromatic N) is 2. The molecule has 4 rings (SSSR count). The summed E-state index contributed by atoms with van der Waals surface area (Å²) in [5, 5.41) is 3.25. The number of nitrogens with one attached hydrogen (secondary N) is 1. The van der Waals surface area contributed by atoms with Crippen LogP contribution in [0.3, 0.4) is 0 Å². The highest BCUT2D eigenvalue weighted by atomic mass is 15.1. The molecular formula is C24H23N3. The van der Waals surface area contributed by atoms with Gasteiger partial charge in [-0.3, -0.25) is 0 Å². The summed E-state index contributed by atoms with van der Waals surface area (Å²) < 4.78 is 2.30. The SMILES string of the molecule is CNCc1nccn1C(c1ccccc1)(c1ccccc1)c1ccccc1. The molecule has 0 spiro atoms. The second-order valence-electron chi connectivity index (χ2n) is 6.55. The van der Waals surface area contributed by atoms with E-state index < -0.39 is 5.54 Å². The molecule has 0 saturated carbocycles. The molecule has 0 radical (unpaired) electrons. The molecular weight excluding hydrogens is 330 g/mol. The molecule has 4 aromatic rings. The highest BCUT2D eigenvalue weighted by Crippen LogP contribution is 2.41. The Morgan fingerprint density at radius 2 is 1.19 bits per heavy atom. The van der Waals surface area contributed by atoms with Crippen molar-refractivity contribution in [1.29, 1.82) is 0 Å². The van der Waals surface area contributed by atoms with E-state index in [0.29, 0.717) is 6.54 Å². The lowest BCUT2D eigenvalue weighted by atomic mass is 9.76. The third-order valence-electron chi connectivity index (χ3n) is 4.99. The van der Waals surface area contributed by atoms with Crippen LogP contribution < -0.4 is 5.32 Å². The van der Waals surface area contributed by atoms with Crippen molar-refractivity contribution in [1.82, 2.24) is 14.9 Å². The van der Waals surface area contributed by atoms with Crippen LogP contribution >= 0.6 is 0 Å². The molecule has 0 unspecified atom stereocenters. The van der Waals surface area contributed by atoms with Crippen molar-refractivity contribution in [2.75, 3.05) is 7.05 Å². The predicted octanol–water partition coefficient (Wildman–Crippen LogP) is 4.44. The molecule has 0 aliphatic rings. The zero-order valence-electron chi connectivity index (χ0n) is 15.4. The van der Waals surface area contributed by atoms with Crippen molar-refractivity contribution in [2.24, 2.45) is 0 Å². The molecule has 3 nitrogen and oxygen atoms in total. The monoisotopic (exact) mass is 353 g/mol. The fourth-order valence-corrected chi connectivity index (χ4v) is 3.88. The zero-order valence-corrected chi connectivity index (χ0v) is 15.4. The Morgan fingerprint density at radius 1 is 0.741 bits per heavy atom. The van der Waals surface area contributed by atoms with E-state index in [1.165, 1.54) is 16.7 Å². The van der Waals surface area contributed by atoms with Gasteiger partial charge in [-0.2, -0.15) is 0 Å². The lowest BCUT2D eigenvalue weighted by molar-refractivity contribution is 0.485. The lowest BCUT2D eigenvalue weighted by Crippen LogP contribution is -2.39. The fourth-order valence-electron chi connectivity index (χ4n) is 3.88. The quantitative estimate of drug-likeness (QED) is 0.519. The first kappa shape index (κ1) is 17.3. The number of imidazole rings is 1. The van der Waals surface area contributed by atoms with Gasteiger partial charge in [-0.15, -0.1) is 0 Å². The molecule has 0 atom stereocenters. The smallest absolute Gasteiger partial charge is 0.123 e. The first-order valence-electron chi connectivity index (χ1n) is 9.21. The molecule has 134 valence electrons. The van der Waals surface area contributed by atoms with Crippen LogP contribution in [0.5, 0.6) is 0 Å². The van der Waals surface area contributed by atoms with E-state index in [-0.39, 0.29) is 0 Å². The number of hydrogen-bond donors (Lipinski definition) is 1. The molecule has 0 bridgehead atoms. The average molecular weight is 353 g/mol. The highest BCUT2D eigenvalue weighted by Gasteiger charge is 2.39. The fraction of sp³-hybridized carbons (Fsp3) is 0.125. The standard InChI is InChI=1S/C24H23N3/c1-25-19-23-26-17-18-27(23)24(20-11-5-2-6-12-20,21-13-7-3-8-14-21)22-15-9-4-10-16-22/h2-18,25H,19H2,1H3. The molecule has 3 aromatic carbocycles. The van der Waals surface area contributed by atoms with Crippen LogP contribution in [0.1, 0.15) is 22.5 Å². The van der Waals surface area contributed by atoms with Crippen LogP contribution in [0.25, 0.3) is 0 Å².